The number of pyridine rings is 2. The number of amides is 2. The number of halogens is 8. The highest BCUT2D eigenvalue weighted by molar-refractivity contribution is 7.16. The van der Waals surface area contributed by atoms with Crippen LogP contribution in [0.25, 0.3) is 0 Å². The number of ether oxygens (including phenoxy) is 2. The lowest BCUT2D eigenvalue weighted by molar-refractivity contribution is -0.138. The lowest BCUT2D eigenvalue weighted by atomic mass is 10.2. The summed E-state index contributed by atoms with van der Waals surface area (Å²) in [4.78, 5) is 55.4. The molecule has 0 bridgehead atoms. The first-order chi connectivity index (χ1) is 29.7. The van der Waals surface area contributed by atoms with Crippen LogP contribution in [0.3, 0.4) is 0 Å². The van der Waals surface area contributed by atoms with Crippen LogP contribution in [0.1, 0.15) is 70.3 Å². The van der Waals surface area contributed by atoms with E-state index in [4.69, 9.17) is 38.4 Å². The summed E-state index contributed by atoms with van der Waals surface area (Å²) in [6.07, 6.45) is -5.18. The summed E-state index contributed by atoms with van der Waals surface area (Å²) >= 11 is 12.9. The zero-order valence-corrected chi connectivity index (χ0v) is 36.3. The zero-order valence-electron chi connectivity index (χ0n) is 33.2. The lowest BCUT2D eigenvalue weighted by Crippen LogP contribution is -2.13. The number of nitrogens with zero attached hydrogens (tertiary/aromatic N) is 5. The Labute approximate surface area is 373 Å². The maximum Gasteiger partial charge on any atom is 0.418 e. The van der Waals surface area contributed by atoms with Gasteiger partial charge < -0.3 is 25.8 Å². The van der Waals surface area contributed by atoms with E-state index in [1.54, 1.807) is 21.1 Å². The van der Waals surface area contributed by atoms with Crippen molar-refractivity contribution in [2.24, 2.45) is 10.7 Å². The summed E-state index contributed by atoms with van der Waals surface area (Å²) in [6, 6.07) is 16.5. The number of Topliss-reactive ketones (excluding diaryl/α,β-unsaturated/α-hetero) is 1. The Morgan fingerprint density at radius 2 is 1.08 bits per heavy atom. The number of thiazole rings is 2. The first-order valence-corrected chi connectivity index (χ1v) is 20.1. The van der Waals surface area contributed by atoms with Crippen LogP contribution in [0.15, 0.2) is 90.4 Å². The summed E-state index contributed by atoms with van der Waals surface area (Å²) < 4.78 is 87.1. The highest BCUT2D eigenvalue weighted by Gasteiger charge is 2.35. The maximum atomic E-state index is 13.0. The van der Waals surface area contributed by atoms with Gasteiger partial charge in [0.2, 0.25) is 0 Å². The number of hydrogen-bond acceptors (Lipinski definition) is 13. The van der Waals surface area contributed by atoms with Gasteiger partial charge in [-0.25, -0.2) is 19.9 Å². The van der Waals surface area contributed by atoms with E-state index in [1.165, 1.54) is 13.1 Å². The number of aromatic nitrogens is 4. The Morgan fingerprint density at radius 1 is 0.667 bits per heavy atom. The fourth-order valence-corrected chi connectivity index (χ4v) is 6.57. The third kappa shape index (κ3) is 14.8. The Kier molecular flexibility index (Phi) is 17.6. The minimum atomic E-state index is -4.66. The van der Waals surface area contributed by atoms with Crippen molar-refractivity contribution >= 4 is 80.8 Å². The molecule has 0 atom stereocenters. The SMILES string of the molecule is CC(=O)c1ncc(C(=O)Nc2cc(C(F)(F)F)c(Cl)cn2)s1.COc1ccc(CN)cc1.COc1ccc(CN=C(C)c2ncc(C(=O)Nc3cc(C(F)(F)F)c(Cl)cn3)s2)cc1. The molecule has 0 fully saturated rings. The number of carbonyl (C=O) groups is 3. The van der Waals surface area contributed by atoms with Crippen LogP contribution >= 0.6 is 45.9 Å². The van der Waals surface area contributed by atoms with Gasteiger partial charge in [-0.15, -0.1) is 22.7 Å². The van der Waals surface area contributed by atoms with Crippen molar-refractivity contribution in [3.05, 3.63) is 138 Å². The number of aliphatic imine (C=N–C) groups is 1. The van der Waals surface area contributed by atoms with E-state index in [1.807, 2.05) is 48.5 Å². The van der Waals surface area contributed by atoms with Crippen LogP contribution in [-0.4, -0.2) is 57.5 Å². The Balaban J connectivity index is 0.000000235. The van der Waals surface area contributed by atoms with Gasteiger partial charge in [-0.1, -0.05) is 47.5 Å². The Hall–Kier alpha value is -6.00. The Morgan fingerprint density at radius 3 is 1.46 bits per heavy atom. The number of nitrogens with one attached hydrogen (secondary N) is 2. The van der Waals surface area contributed by atoms with Crippen molar-refractivity contribution in [2.75, 3.05) is 24.9 Å². The molecule has 0 aliphatic carbocycles. The third-order valence-electron chi connectivity index (χ3n) is 7.93. The van der Waals surface area contributed by atoms with E-state index >= 15 is 0 Å². The van der Waals surface area contributed by atoms with Crippen LogP contribution in [-0.2, 0) is 25.4 Å². The average Bonchev–Trinajstić information content (AvgIpc) is 3.96. The monoisotopic (exact) mass is 954 g/mol. The molecule has 63 heavy (non-hydrogen) atoms. The molecule has 0 aliphatic rings. The fraction of sp³-hybridized carbons (Fsp3) is 0.200. The summed E-state index contributed by atoms with van der Waals surface area (Å²) in [5.74, 6) is -0.605. The zero-order chi connectivity index (χ0) is 46.5. The Bertz CT molecular complexity index is 2530. The van der Waals surface area contributed by atoms with Crippen molar-refractivity contribution in [1.82, 2.24) is 19.9 Å². The molecule has 6 rings (SSSR count). The van der Waals surface area contributed by atoms with E-state index in [9.17, 15) is 40.7 Å². The highest BCUT2D eigenvalue weighted by Crippen LogP contribution is 2.36. The largest absolute Gasteiger partial charge is 0.497 e. The fourth-order valence-electron chi connectivity index (χ4n) is 4.66. The van der Waals surface area contributed by atoms with Crippen molar-refractivity contribution in [2.45, 2.75) is 39.3 Å². The second kappa shape index (κ2) is 22.4. The lowest BCUT2D eigenvalue weighted by Gasteiger charge is -2.10. The maximum absolute atomic E-state index is 13.0. The molecule has 4 aromatic heterocycles. The standard InChI is InChI=1S/C20H16ClF3N4O2S.C12H7ClF3N3O2S.C8H11NO/c1-11(25-8-12-3-5-13(30-2)6-4-12)19-27-10-16(31-19)18(29)28-17-7-14(20(22,23)24)15(21)9-26-17;1-5(20)11-18-4-8(22-11)10(21)19-9-2-6(12(14,15)16)7(13)3-17-9;1-10-8-4-2-7(6-9)3-5-8/h3-7,9-10H,8H2,1-2H3,(H,26,28,29);2-4H,1H3,(H,17,19,21);2-5H,6,9H2,1H3. The summed E-state index contributed by atoms with van der Waals surface area (Å²) in [7, 11) is 3.24. The number of rotatable bonds is 11. The van der Waals surface area contributed by atoms with Crippen molar-refractivity contribution in [1.29, 1.82) is 0 Å². The van der Waals surface area contributed by atoms with Crippen LogP contribution in [0.4, 0.5) is 38.0 Å². The first-order valence-electron chi connectivity index (χ1n) is 17.7. The van der Waals surface area contributed by atoms with Crippen molar-refractivity contribution in [3.8, 4) is 11.5 Å². The second-order valence-electron chi connectivity index (χ2n) is 12.4. The van der Waals surface area contributed by atoms with Gasteiger partial charge in [-0.3, -0.25) is 19.4 Å². The predicted octanol–water partition coefficient (Wildman–Crippen LogP) is 10.3. The highest BCUT2D eigenvalue weighted by atomic mass is 35.5. The van der Waals surface area contributed by atoms with Crippen LogP contribution in [0.2, 0.25) is 10.0 Å². The predicted molar refractivity (Wildman–Crippen MR) is 228 cm³/mol. The summed E-state index contributed by atoms with van der Waals surface area (Å²) in [5, 5.41) is 4.07. The van der Waals surface area contributed by atoms with E-state index < -0.39 is 45.3 Å². The number of carbonyl (C=O) groups excluding carboxylic acids is 3. The number of nitrogens with two attached hydrogens (primary N) is 1. The molecule has 0 saturated heterocycles. The van der Waals surface area contributed by atoms with Gasteiger partial charge in [0.25, 0.3) is 11.8 Å². The third-order valence-corrected chi connectivity index (χ3v) is 10.7. The van der Waals surface area contributed by atoms with Crippen LogP contribution in [0.5, 0.6) is 11.5 Å². The summed E-state index contributed by atoms with van der Waals surface area (Å²) in [6.45, 7) is 4.06. The van der Waals surface area contributed by atoms with Gasteiger partial charge in [0.15, 0.2) is 10.8 Å². The summed E-state index contributed by atoms with van der Waals surface area (Å²) in [5.41, 5.74) is 5.95. The normalized spacial score (nSPS) is 11.3. The van der Waals surface area contributed by atoms with Crippen LogP contribution in [0, 0.1) is 0 Å². The van der Waals surface area contributed by atoms with Gasteiger partial charge in [-0.05, 0) is 54.4 Å². The van der Waals surface area contributed by atoms with E-state index in [0.717, 1.165) is 63.9 Å². The van der Waals surface area contributed by atoms with E-state index in [-0.39, 0.29) is 32.2 Å². The van der Waals surface area contributed by atoms with Gasteiger partial charge in [-0.2, -0.15) is 26.3 Å². The molecule has 0 spiro atoms. The number of benzene rings is 2. The molecule has 0 saturated carbocycles. The molecular formula is C40H34Cl2F6N8O5S2. The van der Waals surface area contributed by atoms with Gasteiger partial charge in [0, 0.05) is 25.9 Å². The van der Waals surface area contributed by atoms with E-state index in [2.05, 4.69) is 35.6 Å². The molecule has 6 aromatic rings. The average molecular weight is 956 g/mol. The number of anilines is 2. The van der Waals surface area contributed by atoms with Crippen LogP contribution < -0.4 is 25.8 Å². The van der Waals surface area contributed by atoms with Crippen molar-refractivity contribution < 1.29 is 50.2 Å². The molecule has 23 heteroatoms. The molecule has 0 unspecified atom stereocenters. The topological polar surface area (TPSA) is 184 Å². The molecule has 4 N–H and O–H groups in total. The number of ketones is 1. The van der Waals surface area contributed by atoms with E-state index in [0.29, 0.717) is 35.9 Å². The first kappa shape index (κ1) is 49.7. The van der Waals surface area contributed by atoms with Gasteiger partial charge in [0.05, 0.1) is 60.0 Å². The van der Waals surface area contributed by atoms with Gasteiger partial charge >= 0.3 is 12.4 Å². The number of alkyl halides is 6. The molecule has 2 amide bonds. The minimum absolute atomic E-state index is 0.0792. The second-order valence-corrected chi connectivity index (χ2v) is 15.3. The minimum Gasteiger partial charge on any atom is -0.497 e. The number of hydrogen-bond donors (Lipinski definition) is 3. The molecule has 332 valence electrons. The van der Waals surface area contributed by atoms with Crippen molar-refractivity contribution in [3.63, 3.8) is 0 Å². The smallest absolute Gasteiger partial charge is 0.418 e. The molecule has 13 nitrogen and oxygen atoms in total. The molecule has 4 heterocycles. The quantitative estimate of drug-likeness (QED) is 0.0642. The molecule has 2 aromatic carbocycles. The molecular weight excluding hydrogens is 922 g/mol. The molecule has 0 radical (unpaired) electrons. The molecule has 0 aliphatic heterocycles. The number of methoxy groups -OCH3 is 2. The van der Waals surface area contributed by atoms with Gasteiger partial charge in [0.1, 0.15) is 37.9 Å².